The molecule has 170 valence electrons. The van der Waals surface area contributed by atoms with Crippen LogP contribution in [0.1, 0.15) is 45.0 Å². The molecule has 0 bridgehead atoms. The van der Waals surface area contributed by atoms with Crippen molar-refractivity contribution in [2.75, 3.05) is 5.75 Å². The van der Waals surface area contributed by atoms with Crippen LogP contribution in [-0.4, -0.2) is 25.7 Å². The van der Waals surface area contributed by atoms with Crippen molar-refractivity contribution < 1.29 is 9.18 Å². The molecule has 5 rings (SSSR count). The molecule has 0 fully saturated rings. The van der Waals surface area contributed by atoms with Crippen LogP contribution in [0.3, 0.4) is 0 Å². The zero-order chi connectivity index (χ0) is 23.3. The SMILES string of the molecule is Cc1cc(C(=O)CSc2nc3sc4c(c3c(=O)n2-c2ccccc2F)CCCC4)c(C)n1C. The maximum absolute atomic E-state index is 14.8. The normalized spacial score (nSPS) is 13.5. The summed E-state index contributed by atoms with van der Waals surface area (Å²) in [7, 11) is 1.93. The monoisotopic (exact) mass is 481 g/mol. The fourth-order valence-corrected chi connectivity index (χ4v) is 6.67. The number of Topliss-reactive ketones (excluding diaryl/α,β-unsaturated/α-hetero) is 1. The Balaban J connectivity index is 1.62. The maximum Gasteiger partial charge on any atom is 0.267 e. The second kappa shape index (κ2) is 8.57. The van der Waals surface area contributed by atoms with Crippen LogP contribution in [0, 0.1) is 19.7 Å². The molecule has 0 aliphatic heterocycles. The lowest BCUT2D eigenvalue weighted by Gasteiger charge is -2.14. The van der Waals surface area contributed by atoms with Gasteiger partial charge in [-0.05, 0) is 63.3 Å². The molecule has 0 saturated carbocycles. The molecule has 0 radical (unpaired) electrons. The van der Waals surface area contributed by atoms with E-state index in [-0.39, 0.29) is 22.8 Å². The topological polar surface area (TPSA) is 56.9 Å². The highest BCUT2D eigenvalue weighted by Gasteiger charge is 2.24. The van der Waals surface area contributed by atoms with Crippen molar-refractivity contribution in [1.29, 1.82) is 0 Å². The number of fused-ring (bicyclic) bond motifs is 3. The number of nitrogens with zero attached hydrogens (tertiary/aromatic N) is 3. The standard InChI is InChI=1S/C25H24FN3O2S2/c1-14-12-17(15(2)28(14)3)20(30)13-32-25-27-23-22(16-8-4-7-11-21(16)33-23)24(31)29(25)19-10-6-5-9-18(19)26/h5-6,9-10,12H,4,7-8,11,13H2,1-3H3. The lowest BCUT2D eigenvalue weighted by Crippen LogP contribution is -2.23. The summed E-state index contributed by atoms with van der Waals surface area (Å²) in [5.74, 6) is -0.421. The largest absolute Gasteiger partial charge is 0.351 e. The van der Waals surface area contributed by atoms with Gasteiger partial charge in [-0.25, -0.2) is 9.37 Å². The number of hydrogen-bond donors (Lipinski definition) is 0. The van der Waals surface area contributed by atoms with E-state index in [2.05, 4.69) is 0 Å². The Bertz CT molecular complexity index is 1460. The van der Waals surface area contributed by atoms with Gasteiger partial charge in [0, 0.05) is 28.9 Å². The van der Waals surface area contributed by atoms with E-state index in [1.54, 1.807) is 29.5 Å². The highest BCUT2D eigenvalue weighted by atomic mass is 32.2. The molecule has 0 N–H and O–H groups in total. The Hall–Kier alpha value is -2.71. The van der Waals surface area contributed by atoms with Crippen molar-refractivity contribution in [2.45, 2.75) is 44.7 Å². The molecule has 3 aromatic heterocycles. The van der Waals surface area contributed by atoms with E-state index in [1.165, 1.54) is 27.3 Å². The molecule has 0 unspecified atom stereocenters. The van der Waals surface area contributed by atoms with E-state index in [4.69, 9.17) is 4.98 Å². The average Bonchev–Trinajstić information content (AvgIpc) is 3.30. The van der Waals surface area contributed by atoms with Gasteiger partial charge in [0.05, 0.1) is 16.8 Å². The quantitative estimate of drug-likeness (QED) is 0.218. The van der Waals surface area contributed by atoms with Gasteiger partial charge in [-0.15, -0.1) is 11.3 Å². The van der Waals surface area contributed by atoms with Gasteiger partial charge < -0.3 is 4.57 Å². The molecule has 0 spiro atoms. The number of aryl methyl sites for hydroxylation is 3. The first-order chi connectivity index (χ1) is 15.9. The van der Waals surface area contributed by atoms with Crippen LogP contribution in [0.15, 0.2) is 40.3 Å². The molecule has 1 aliphatic rings. The molecule has 1 aliphatic carbocycles. The van der Waals surface area contributed by atoms with Crippen LogP contribution < -0.4 is 5.56 Å². The minimum atomic E-state index is -0.493. The second-order valence-corrected chi connectivity index (χ2v) is 10.5. The summed E-state index contributed by atoms with van der Waals surface area (Å²) >= 11 is 2.74. The van der Waals surface area contributed by atoms with Gasteiger partial charge in [-0.1, -0.05) is 23.9 Å². The zero-order valence-electron chi connectivity index (χ0n) is 18.8. The lowest BCUT2D eigenvalue weighted by atomic mass is 9.97. The van der Waals surface area contributed by atoms with E-state index in [1.807, 2.05) is 31.5 Å². The fourth-order valence-electron chi connectivity index (χ4n) is 4.47. The summed E-state index contributed by atoms with van der Waals surface area (Å²) in [5, 5.41) is 0.943. The molecule has 0 atom stereocenters. The number of aromatic nitrogens is 3. The highest BCUT2D eigenvalue weighted by molar-refractivity contribution is 7.99. The third-order valence-electron chi connectivity index (χ3n) is 6.46. The van der Waals surface area contributed by atoms with Gasteiger partial charge in [-0.3, -0.25) is 14.2 Å². The third-order valence-corrected chi connectivity index (χ3v) is 8.58. The Labute approximate surface area is 199 Å². The minimum Gasteiger partial charge on any atom is -0.351 e. The maximum atomic E-state index is 14.8. The van der Waals surface area contributed by atoms with Gasteiger partial charge >= 0.3 is 0 Å². The first kappa shape index (κ1) is 22.1. The number of para-hydroxylation sites is 1. The van der Waals surface area contributed by atoms with Crippen molar-refractivity contribution in [3.05, 3.63) is 73.9 Å². The number of carbonyl (C=O) groups excluding carboxylic acids is 1. The Kier molecular flexibility index (Phi) is 5.74. The van der Waals surface area contributed by atoms with Crippen molar-refractivity contribution in [3.8, 4) is 5.69 Å². The number of rotatable bonds is 5. The molecule has 33 heavy (non-hydrogen) atoms. The number of thiophene rings is 1. The summed E-state index contributed by atoms with van der Waals surface area (Å²) in [6, 6.07) is 8.10. The van der Waals surface area contributed by atoms with Crippen LogP contribution in [0.5, 0.6) is 0 Å². The Morgan fingerprint density at radius 2 is 1.97 bits per heavy atom. The van der Waals surface area contributed by atoms with Crippen LogP contribution in [0.4, 0.5) is 4.39 Å². The molecular weight excluding hydrogens is 457 g/mol. The van der Waals surface area contributed by atoms with Gasteiger partial charge in [-0.2, -0.15) is 0 Å². The molecule has 3 heterocycles. The summed E-state index contributed by atoms with van der Waals surface area (Å²) in [6.45, 7) is 3.88. The molecule has 0 saturated heterocycles. The number of carbonyl (C=O) groups is 1. The smallest absolute Gasteiger partial charge is 0.267 e. The first-order valence-corrected chi connectivity index (χ1v) is 12.8. The van der Waals surface area contributed by atoms with Crippen molar-refractivity contribution >= 4 is 39.1 Å². The second-order valence-electron chi connectivity index (χ2n) is 8.43. The van der Waals surface area contributed by atoms with E-state index in [0.29, 0.717) is 20.9 Å². The molecule has 1 aromatic carbocycles. The summed E-state index contributed by atoms with van der Waals surface area (Å²) in [6.07, 6.45) is 3.94. The van der Waals surface area contributed by atoms with Crippen LogP contribution in [0.25, 0.3) is 15.9 Å². The van der Waals surface area contributed by atoms with Gasteiger partial charge in [0.2, 0.25) is 0 Å². The summed E-state index contributed by atoms with van der Waals surface area (Å²) < 4.78 is 18.1. The lowest BCUT2D eigenvalue weighted by molar-refractivity contribution is 0.102. The minimum absolute atomic E-state index is 0.0406. The average molecular weight is 482 g/mol. The molecule has 8 heteroatoms. The Morgan fingerprint density at radius 3 is 2.70 bits per heavy atom. The van der Waals surface area contributed by atoms with Crippen LogP contribution in [-0.2, 0) is 19.9 Å². The number of thioether (sulfide) groups is 1. The van der Waals surface area contributed by atoms with E-state index >= 15 is 0 Å². The predicted molar refractivity (Wildman–Crippen MR) is 132 cm³/mol. The molecular formula is C25H24FN3O2S2. The third kappa shape index (κ3) is 3.75. The van der Waals surface area contributed by atoms with E-state index in [9.17, 15) is 14.0 Å². The number of benzene rings is 1. The number of ketones is 1. The van der Waals surface area contributed by atoms with E-state index in [0.717, 1.165) is 42.6 Å². The van der Waals surface area contributed by atoms with Gasteiger partial charge in [0.25, 0.3) is 5.56 Å². The number of hydrogen-bond acceptors (Lipinski definition) is 5. The summed E-state index contributed by atoms with van der Waals surface area (Å²) in [5.41, 5.74) is 3.54. The molecule has 4 aromatic rings. The fraction of sp³-hybridized carbons (Fsp3) is 0.320. The highest BCUT2D eigenvalue weighted by Crippen LogP contribution is 2.35. The molecule has 5 nitrogen and oxygen atoms in total. The van der Waals surface area contributed by atoms with Crippen LogP contribution >= 0.6 is 23.1 Å². The predicted octanol–water partition coefficient (Wildman–Crippen LogP) is 5.40. The van der Waals surface area contributed by atoms with E-state index < -0.39 is 5.82 Å². The van der Waals surface area contributed by atoms with Gasteiger partial charge in [0.1, 0.15) is 10.6 Å². The Morgan fingerprint density at radius 1 is 1.21 bits per heavy atom. The molecule has 0 amide bonds. The number of halogens is 1. The van der Waals surface area contributed by atoms with Crippen molar-refractivity contribution in [2.24, 2.45) is 7.05 Å². The van der Waals surface area contributed by atoms with Gasteiger partial charge in [0.15, 0.2) is 10.9 Å². The van der Waals surface area contributed by atoms with Crippen molar-refractivity contribution in [1.82, 2.24) is 14.1 Å². The summed E-state index contributed by atoms with van der Waals surface area (Å²) in [4.78, 5) is 33.4. The first-order valence-electron chi connectivity index (χ1n) is 11.0. The van der Waals surface area contributed by atoms with Crippen molar-refractivity contribution in [3.63, 3.8) is 0 Å². The van der Waals surface area contributed by atoms with Crippen LogP contribution in [0.2, 0.25) is 0 Å². The zero-order valence-corrected chi connectivity index (χ0v) is 20.4.